The van der Waals surface area contributed by atoms with Gasteiger partial charge in [0.2, 0.25) is 5.88 Å². The molecule has 2 aliphatic rings. The van der Waals surface area contributed by atoms with Crippen molar-refractivity contribution in [1.82, 2.24) is 10.2 Å². The van der Waals surface area contributed by atoms with Gasteiger partial charge in [0.25, 0.3) is 0 Å². The molecule has 9 heteroatoms. The lowest BCUT2D eigenvalue weighted by molar-refractivity contribution is -0.139. The molecule has 0 aliphatic carbocycles. The van der Waals surface area contributed by atoms with Crippen LogP contribution in [-0.2, 0) is 32.0 Å². The summed E-state index contributed by atoms with van der Waals surface area (Å²) in [7, 11) is 0. The lowest BCUT2D eigenvalue weighted by Crippen LogP contribution is -2.44. The Morgan fingerprint density at radius 2 is 1.20 bits per heavy atom. The number of benzene rings is 3. The largest absolute Gasteiger partial charge is 0.427 e. The molecule has 45 heavy (non-hydrogen) atoms. The molecule has 5 rings (SSSR count). The monoisotopic (exact) mass is 611 g/mol. The minimum atomic E-state index is -0.446. The summed E-state index contributed by atoms with van der Waals surface area (Å²) >= 11 is 0. The second-order valence-electron chi connectivity index (χ2n) is 9.64. The van der Waals surface area contributed by atoms with Crippen molar-refractivity contribution in [2.75, 3.05) is 0 Å². The predicted octanol–water partition coefficient (Wildman–Crippen LogP) is 6.79. The van der Waals surface area contributed by atoms with Crippen LogP contribution in [0.2, 0.25) is 0 Å². The number of esters is 3. The van der Waals surface area contributed by atoms with Crippen LogP contribution in [0.4, 0.5) is 0 Å². The number of nitrogens with zero attached hydrogens (tertiary/aromatic N) is 2. The molecule has 0 radical (unpaired) electrons. The van der Waals surface area contributed by atoms with Crippen molar-refractivity contribution in [3.8, 4) is 11.5 Å². The van der Waals surface area contributed by atoms with Crippen LogP contribution in [0.1, 0.15) is 65.2 Å². The molecule has 1 unspecified atom stereocenters. The highest BCUT2D eigenvalue weighted by Gasteiger charge is 2.38. The van der Waals surface area contributed by atoms with Crippen molar-refractivity contribution in [2.24, 2.45) is 4.99 Å². The molecule has 3 aromatic rings. The molecule has 0 aromatic heterocycles. The summed E-state index contributed by atoms with van der Waals surface area (Å²) in [5.74, 6) is 0.0551. The molecule has 2 aliphatic heterocycles. The van der Waals surface area contributed by atoms with Gasteiger partial charge in [-0.05, 0) is 47.5 Å². The summed E-state index contributed by atoms with van der Waals surface area (Å²) in [5, 5.41) is 3.53. The fraction of sp³-hybridized carbons (Fsp3) is 0.278. The molecule has 1 atom stereocenters. The van der Waals surface area contributed by atoms with E-state index in [0.29, 0.717) is 41.6 Å². The summed E-state index contributed by atoms with van der Waals surface area (Å²) in [6.45, 7) is 12.1. The van der Waals surface area contributed by atoms with Crippen LogP contribution in [-0.4, -0.2) is 34.7 Å². The predicted molar refractivity (Wildman–Crippen MR) is 175 cm³/mol. The molecule has 9 nitrogen and oxygen atoms in total. The Kier molecular flexibility index (Phi) is 12.7. The third kappa shape index (κ3) is 9.40. The van der Waals surface area contributed by atoms with E-state index in [-0.39, 0.29) is 12.1 Å². The number of aliphatic imine (C=N–C) groups is 1. The molecule has 0 bridgehead atoms. The second-order valence-corrected chi connectivity index (χ2v) is 9.64. The Hall–Kier alpha value is -5.18. The quantitative estimate of drug-likeness (QED) is 0.219. The van der Waals surface area contributed by atoms with E-state index >= 15 is 0 Å². The first kappa shape index (κ1) is 34.3. The standard InChI is InChI=1S/C32H29N3O6.2C2H6/c1-20(36)39-26-13-9-24(10-14-26)18-29-32(41-22(3)38)35-19-30(25-11-15-27(16-12-25)40-21(2)37)33-28(31(35)34-29)17-23-7-5-4-6-8-23;2*1-2/h4-16,19,31,34H,17-18H2,1-3H3;2*1-2H3. The van der Waals surface area contributed by atoms with Crippen LogP contribution in [0, 0.1) is 0 Å². The number of fused-ring (bicyclic) bond motifs is 1. The highest BCUT2D eigenvalue weighted by atomic mass is 16.6. The van der Waals surface area contributed by atoms with Crippen LogP contribution in [0.3, 0.4) is 0 Å². The number of rotatable bonds is 8. The molecule has 0 saturated heterocycles. The van der Waals surface area contributed by atoms with E-state index in [9.17, 15) is 14.4 Å². The Labute approximate surface area is 265 Å². The summed E-state index contributed by atoms with van der Waals surface area (Å²) in [6.07, 6.45) is 2.48. The number of hydrogen-bond acceptors (Lipinski definition) is 9. The summed E-state index contributed by atoms with van der Waals surface area (Å²) < 4.78 is 16.1. The molecular weight excluding hydrogens is 570 g/mol. The molecule has 2 heterocycles. The number of carbonyl (C=O) groups excluding carboxylic acids is 3. The highest BCUT2D eigenvalue weighted by Crippen LogP contribution is 2.33. The smallest absolute Gasteiger partial charge is 0.309 e. The van der Waals surface area contributed by atoms with Gasteiger partial charge in [0.05, 0.1) is 17.1 Å². The van der Waals surface area contributed by atoms with Crippen LogP contribution >= 0.6 is 0 Å². The van der Waals surface area contributed by atoms with E-state index in [0.717, 1.165) is 22.4 Å². The van der Waals surface area contributed by atoms with E-state index in [1.54, 1.807) is 24.3 Å². The van der Waals surface area contributed by atoms with Crippen molar-refractivity contribution in [3.63, 3.8) is 0 Å². The number of hydrogen-bond donors (Lipinski definition) is 1. The van der Waals surface area contributed by atoms with Crippen LogP contribution in [0.25, 0.3) is 5.70 Å². The van der Waals surface area contributed by atoms with Crippen molar-refractivity contribution in [1.29, 1.82) is 0 Å². The maximum Gasteiger partial charge on any atom is 0.309 e. The van der Waals surface area contributed by atoms with Gasteiger partial charge in [-0.15, -0.1) is 0 Å². The summed E-state index contributed by atoms with van der Waals surface area (Å²) in [6, 6.07) is 24.3. The number of allylic oxidation sites excluding steroid dienone is 1. The zero-order chi connectivity index (χ0) is 32.9. The second kappa shape index (κ2) is 16.6. The van der Waals surface area contributed by atoms with Gasteiger partial charge in [0, 0.05) is 45.4 Å². The van der Waals surface area contributed by atoms with Crippen LogP contribution < -0.4 is 14.8 Å². The third-order valence-electron chi connectivity index (χ3n) is 6.37. The topological polar surface area (TPSA) is 107 Å². The van der Waals surface area contributed by atoms with E-state index < -0.39 is 11.9 Å². The van der Waals surface area contributed by atoms with Crippen molar-refractivity contribution in [3.05, 3.63) is 113 Å². The third-order valence-corrected chi connectivity index (χ3v) is 6.37. The van der Waals surface area contributed by atoms with Crippen molar-refractivity contribution < 1.29 is 28.6 Å². The lowest BCUT2D eigenvalue weighted by Gasteiger charge is -2.30. The molecule has 1 N–H and O–H groups in total. The highest BCUT2D eigenvalue weighted by molar-refractivity contribution is 5.97. The summed E-state index contributed by atoms with van der Waals surface area (Å²) in [4.78, 5) is 41.8. The van der Waals surface area contributed by atoms with Gasteiger partial charge in [-0.25, -0.2) is 0 Å². The van der Waals surface area contributed by atoms with E-state index in [1.165, 1.54) is 20.8 Å². The average molecular weight is 612 g/mol. The normalized spacial score (nSPS) is 14.6. The minimum absolute atomic E-state index is 0.371. The molecule has 0 amide bonds. The zero-order valence-electron chi connectivity index (χ0n) is 26.9. The molecule has 0 spiro atoms. The van der Waals surface area contributed by atoms with Gasteiger partial charge in [0.1, 0.15) is 17.7 Å². The Morgan fingerprint density at radius 3 is 1.73 bits per heavy atom. The first-order chi connectivity index (χ1) is 21.7. The average Bonchev–Trinajstić information content (AvgIpc) is 3.36. The first-order valence-electron chi connectivity index (χ1n) is 15.1. The maximum absolute atomic E-state index is 12.2. The van der Waals surface area contributed by atoms with E-state index in [2.05, 4.69) is 5.32 Å². The van der Waals surface area contributed by atoms with Crippen LogP contribution in [0.5, 0.6) is 11.5 Å². The molecule has 236 valence electrons. The summed E-state index contributed by atoms with van der Waals surface area (Å²) in [5.41, 5.74) is 5.04. The van der Waals surface area contributed by atoms with Gasteiger partial charge < -0.3 is 19.5 Å². The van der Waals surface area contributed by atoms with Crippen LogP contribution in [0.15, 0.2) is 102 Å². The van der Waals surface area contributed by atoms with Crippen molar-refractivity contribution in [2.45, 2.75) is 67.5 Å². The molecule has 3 aromatic carbocycles. The van der Waals surface area contributed by atoms with Crippen molar-refractivity contribution >= 4 is 29.3 Å². The fourth-order valence-electron chi connectivity index (χ4n) is 4.69. The Morgan fingerprint density at radius 1 is 0.689 bits per heavy atom. The first-order valence-corrected chi connectivity index (χ1v) is 15.1. The minimum Gasteiger partial charge on any atom is -0.427 e. The number of carbonyl (C=O) groups is 3. The molecular formula is C36H41N3O6. The Balaban J connectivity index is 0.00000133. The van der Waals surface area contributed by atoms with Gasteiger partial charge in [-0.3, -0.25) is 24.3 Å². The number of ether oxygens (including phenoxy) is 3. The van der Waals surface area contributed by atoms with Gasteiger partial charge in [-0.2, -0.15) is 0 Å². The number of nitrogens with one attached hydrogen (secondary N) is 1. The van der Waals surface area contributed by atoms with Gasteiger partial charge in [-0.1, -0.05) is 70.2 Å². The van der Waals surface area contributed by atoms with Gasteiger partial charge >= 0.3 is 17.9 Å². The Bertz CT molecular complexity index is 1560. The lowest BCUT2D eigenvalue weighted by atomic mass is 10.0. The fourth-order valence-corrected chi connectivity index (χ4v) is 4.69. The van der Waals surface area contributed by atoms with E-state index in [4.69, 9.17) is 19.2 Å². The van der Waals surface area contributed by atoms with E-state index in [1.807, 2.05) is 93.4 Å². The zero-order valence-corrected chi connectivity index (χ0v) is 26.9. The SMILES string of the molecule is CC.CC.CC(=O)OC1=C(Cc2ccc(OC(C)=O)cc2)NC2C(Cc3ccccc3)=NC(c3ccc(OC(C)=O)cc3)=CN12. The van der Waals surface area contributed by atoms with Gasteiger partial charge in [0.15, 0.2) is 0 Å². The molecule has 0 fully saturated rings. The molecule has 0 saturated carbocycles. The maximum atomic E-state index is 12.2.